The van der Waals surface area contributed by atoms with Crippen LogP contribution in [0, 0.1) is 0 Å². The molecule has 14 heteroatoms. The fourth-order valence-electron chi connectivity index (χ4n) is 10.0. The zero-order chi connectivity index (χ0) is 51.9. The SMILES string of the molecule is COc1ccc(CP(OB(Oc2cc(C(F)(F)F)cc(C(F)(F)F)c2)OP(Cc2ccc(OC)cc2)(c2ccccc2)(c2ccccc2)c2ccccc2)(c2ccccc2)(c2ccccc2)c2ccccc2)cc1. The Kier molecular flexibility index (Phi) is 14.6. The van der Waals surface area contributed by atoms with Gasteiger partial charge in [-0.3, -0.25) is 0 Å². The average molecular weight is 1040 g/mol. The molecule has 0 aliphatic carbocycles. The van der Waals surface area contributed by atoms with Gasteiger partial charge in [-0.2, -0.15) is 0 Å². The van der Waals surface area contributed by atoms with Crippen LogP contribution in [0.3, 0.4) is 0 Å². The van der Waals surface area contributed by atoms with Gasteiger partial charge >= 0.3 is 429 Å². The second-order valence-electron chi connectivity index (χ2n) is 17.8. The van der Waals surface area contributed by atoms with Crippen LogP contribution in [-0.4, -0.2) is 21.5 Å². The standard InChI is InChI=1S/C60H51BF6O5P2/c1-68-50-37-33-46(34-38-50)44-73(53-21-9-3-10-22-53,54-23-11-4-12-24-54,55-25-13-5-14-26-55)71-61(70-52-42-48(59(62,63)64)41-49(43-52)60(65,66)67)72-74(56-27-15-6-16-28-56,57-29-17-7-18-30-57,58-31-19-8-20-32-58)45-47-35-39-51(69-2)40-36-47/h3-43H,44-45H2,1-2H3. The van der Waals surface area contributed by atoms with Gasteiger partial charge in [-0.1, -0.05) is 0 Å². The Balaban J connectivity index is 1.47. The molecule has 5 nitrogen and oxygen atoms in total. The molecule has 74 heavy (non-hydrogen) atoms. The summed E-state index contributed by atoms with van der Waals surface area (Å²) in [6.07, 6.45) is -10.2. The summed E-state index contributed by atoms with van der Waals surface area (Å²) in [5, 5.41) is 3.99. The average Bonchev–Trinajstić information content (AvgIpc) is 3.44. The van der Waals surface area contributed by atoms with Crippen LogP contribution in [0.1, 0.15) is 22.3 Å². The molecule has 9 rings (SSSR count). The first-order valence-electron chi connectivity index (χ1n) is 23.7. The quantitative estimate of drug-likeness (QED) is 0.0487. The van der Waals surface area contributed by atoms with Crippen molar-refractivity contribution in [3.8, 4) is 17.2 Å². The van der Waals surface area contributed by atoms with Crippen LogP contribution >= 0.6 is 13.7 Å². The maximum atomic E-state index is 15.0. The zero-order valence-corrected chi connectivity index (χ0v) is 42.2. The van der Waals surface area contributed by atoms with Gasteiger partial charge in [0.2, 0.25) is 0 Å². The molecular weight excluding hydrogens is 987 g/mol. The van der Waals surface area contributed by atoms with Crippen LogP contribution in [0.15, 0.2) is 249 Å². The fourth-order valence-corrected chi connectivity index (χ4v) is 21.4. The molecule has 0 bridgehead atoms. The molecule has 0 aliphatic rings. The predicted octanol–water partition coefficient (Wildman–Crippen LogP) is 13.4. The van der Waals surface area contributed by atoms with E-state index in [2.05, 4.69) is 0 Å². The predicted molar refractivity (Wildman–Crippen MR) is 289 cm³/mol. The number of benzene rings is 9. The van der Waals surface area contributed by atoms with E-state index in [9.17, 15) is 26.3 Å². The van der Waals surface area contributed by atoms with Crippen LogP contribution in [0.5, 0.6) is 17.2 Å². The van der Waals surface area contributed by atoms with E-state index in [0.717, 1.165) is 11.1 Å². The molecule has 0 heterocycles. The van der Waals surface area contributed by atoms with E-state index in [4.69, 9.17) is 23.0 Å². The number of ether oxygens (including phenoxy) is 2. The first kappa shape index (κ1) is 51.7. The Morgan fingerprint density at radius 2 is 0.595 bits per heavy atom. The monoisotopic (exact) mass is 1040 g/mol. The van der Waals surface area contributed by atoms with Crippen LogP contribution < -0.4 is 46.0 Å². The molecule has 0 saturated heterocycles. The van der Waals surface area contributed by atoms with Gasteiger partial charge in [-0.15, -0.1) is 0 Å². The number of rotatable bonds is 18. The second-order valence-corrected chi connectivity index (χ2v) is 26.8. The molecule has 0 spiro atoms. The van der Waals surface area contributed by atoms with Crippen LogP contribution in [0.2, 0.25) is 0 Å². The number of halogens is 6. The summed E-state index contributed by atoms with van der Waals surface area (Å²) in [7, 11) is 1.02. The van der Waals surface area contributed by atoms with Crippen molar-refractivity contribution in [3.63, 3.8) is 0 Å². The van der Waals surface area contributed by atoms with Crippen molar-refractivity contribution < 1.29 is 49.4 Å². The molecule has 0 amide bonds. The maximum absolute atomic E-state index is 15.0. The topological polar surface area (TPSA) is 46.2 Å². The normalized spacial score (nSPS) is 13.1. The summed E-state index contributed by atoms with van der Waals surface area (Å²) in [5.74, 6) is 0.393. The number of methoxy groups -OCH3 is 2. The zero-order valence-electron chi connectivity index (χ0n) is 40.4. The fraction of sp³-hybridized carbons (Fsp3) is 0.100. The van der Waals surface area contributed by atoms with Crippen molar-refractivity contribution in [2.75, 3.05) is 14.2 Å². The molecule has 0 atom stereocenters. The van der Waals surface area contributed by atoms with Gasteiger partial charge in [0.15, 0.2) is 0 Å². The number of alkyl halides is 6. The van der Waals surface area contributed by atoms with Crippen LogP contribution in [0.25, 0.3) is 0 Å². The molecule has 0 N–H and O–H groups in total. The molecule has 0 fully saturated rings. The van der Waals surface area contributed by atoms with Gasteiger partial charge in [0.05, 0.1) is 0 Å². The molecule has 0 aliphatic heterocycles. The van der Waals surface area contributed by atoms with Crippen molar-refractivity contribution in [3.05, 3.63) is 271 Å². The molecular formula is C60H51BF6O5P2. The van der Waals surface area contributed by atoms with E-state index in [1.165, 1.54) is 0 Å². The van der Waals surface area contributed by atoms with E-state index >= 15 is 0 Å². The third-order valence-electron chi connectivity index (χ3n) is 13.5. The van der Waals surface area contributed by atoms with Crippen LogP contribution in [-0.2, 0) is 33.6 Å². The van der Waals surface area contributed by atoms with Gasteiger partial charge in [-0.25, -0.2) is 0 Å². The summed E-state index contributed by atoms with van der Waals surface area (Å²) in [5.41, 5.74) is -1.61. The van der Waals surface area contributed by atoms with Crippen molar-refractivity contribution in [2.45, 2.75) is 24.7 Å². The van der Waals surface area contributed by atoms with E-state index < -0.39 is 50.2 Å². The van der Waals surface area contributed by atoms with Gasteiger partial charge in [0.25, 0.3) is 0 Å². The van der Waals surface area contributed by atoms with Crippen LogP contribution in [0.4, 0.5) is 26.3 Å². The Morgan fingerprint density at radius 1 is 0.338 bits per heavy atom. The van der Waals surface area contributed by atoms with E-state index in [0.29, 0.717) is 55.5 Å². The van der Waals surface area contributed by atoms with Crippen molar-refractivity contribution in [1.82, 2.24) is 0 Å². The Morgan fingerprint density at radius 3 is 0.824 bits per heavy atom. The Labute approximate surface area is 427 Å². The Bertz CT molecular complexity index is 2850. The Hall–Kier alpha value is -7.20. The number of hydrogen-bond donors (Lipinski definition) is 0. The summed E-state index contributed by atoms with van der Waals surface area (Å²) in [4.78, 5) is 0. The summed E-state index contributed by atoms with van der Waals surface area (Å²) >= 11 is 0. The van der Waals surface area contributed by atoms with Crippen molar-refractivity contribution in [1.29, 1.82) is 0 Å². The third-order valence-corrected chi connectivity index (χ3v) is 25.1. The minimum absolute atomic E-state index is 0.0762. The first-order valence-corrected chi connectivity index (χ1v) is 28.3. The molecule has 0 aromatic heterocycles. The van der Waals surface area contributed by atoms with Gasteiger partial charge in [0, 0.05) is 0 Å². The van der Waals surface area contributed by atoms with Crippen molar-refractivity contribution in [2.24, 2.45) is 0 Å². The molecule has 9 aromatic rings. The molecule has 376 valence electrons. The first-order chi connectivity index (χ1) is 35.7. The molecule has 0 unspecified atom stereocenters. The van der Waals surface area contributed by atoms with Gasteiger partial charge in [0.1, 0.15) is 0 Å². The molecule has 0 radical (unpaired) electrons. The van der Waals surface area contributed by atoms with E-state index in [1.54, 1.807) is 14.2 Å². The van der Waals surface area contributed by atoms with E-state index in [1.807, 2.05) is 231 Å². The minimum atomic E-state index is -5.21. The summed E-state index contributed by atoms with van der Waals surface area (Å²) in [6, 6.07) is 73.1. The van der Waals surface area contributed by atoms with Crippen molar-refractivity contribution >= 4 is 52.8 Å². The van der Waals surface area contributed by atoms with Gasteiger partial charge in [-0.05, 0) is 0 Å². The second kappa shape index (κ2) is 21.0. The molecule has 0 saturated carbocycles. The molecule has 9 aromatic carbocycles. The van der Waals surface area contributed by atoms with E-state index in [-0.39, 0.29) is 18.4 Å². The summed E-state index contributed by atoms with van der Waals surface area (Å²) < 4.78 is 124. The third kappa shape index (κ3) is 9.71. The number of hydrogen-bond acceptors (Lipinski definition) is 5. The van der Waals surface area contributed by atoms with Gasteiger partial charge < -0.3 is 0 Å². The summed E-state index contributed by atoms with van der Waals surface area (Å²) in [6.45, 7) is -9.79.